The van der Waals surface area contributed by atoms with Crippen LogP contribution in [-0.4, -0.2) is 60.9 Å². The van der Waals surface area contributed by atoms with E-state index in [-0.39, 0.29) is 17.2 Å². The van der Waals surface area contributed by atoms with E-state index < -0.39 is 16.1 Å². The number of rotatable bonds is 4. The number of carbonyl (C=O) groups is 1. The third-order valence-corrected chi connectivity index (χ3v) is 6.67. The van der Waals surface area contributed by atoms with E-state index in [9.17, 15) is 18.3 Å². The van der Waals surface area contributed by atoms with Crippen LogP contribution in [-0.2, 0) is 14.8 Å². The zero-order valence-electron chi connectivity index (χ0n) is 14.4. The molecule has 7 nitrogen and oxygen atoms in total. The molecule has 2 aromatic rings. The number of benzene rings is 1. The molecule has 0 saturated heterocycles. The van der Waals surface area contributed by atoms with Crippen molar-refractivity contribution in [3.63, 3.8) is 0 Å². The summed E-state index contributed by atoms with van der Waals surface area (Å²) in [7, 11) is -3.60. The Kier molecular flexibility index (Phi) is 4.13. The van der Waals surface area contributed by atoms with Gasteiger partial charge in [0.1, 0.15) is 5.58 Å². The van der Waals surface area contributed by atoms with Gasteiger partial charge in [0.05, 0.1) is 23.7 Å². The van der Waals surface area contributed by atoms with Crippen molar-refractivity contribution in [2.75, 3.05) is 26.2 Å². The normalized spacial score (nSPS) is 19.4. The number of carbonyl (C=O) groups excluding carboxylic acids is 1. The molecule has 8 heteroatoms. The van der Waals surface area contributed by atoms with Crippen molar-refractivity contribution in [2.24, 2.45) is 0 Å². The highest BCUT2D eigenvalue weighted by atomic mass is 32.2. The van der Waals surface area contributed by atoms with Gasteiger partial charge >= 0.3 is 0 Å². The van der Waals surface area contributed by atoms with Crippen molar-refractivity contribution in [1.29, 1.82) is 0 Å². The molecule has 26 heavy (non-hydrogen) atoms. The summed E-state index contributed by atoms with van der Waals surface area (Å²) < 4.78 is 32.6. The number of sulfonamides is 1. The summed E-state index contributed by atoms with van der Waals surface area (Å²) in [6.07, 6.45) is 0.951. The van der Waals surface area contributed by atoms with Crippen LogP contribution in [0.5, 0.6) is 0 Å². The summed E-state index contributed by atoms with van der Waals surface area (Å²) in [5.74, 6) is -0.103. The molecular weight excluding hydrogens is 356 g/mol. The molecule has 0 unspecified atom stereocenters. The third kappa shape index (κ3) is 2.94. The molecule has 0 saturated carbocycles. The minimum atomic E-state index is -3.60. The number of fused-ring (bicyclic) bond motifs is 1. The number of aliphatic hydroxyl groups excluding tert-OH is 1. The Hall–Kier alpha value is -2.16. The number of hydrogen-bond donors (Lipinski definition) is 1. The van der Waals surface area contributed by atoms with Crippen LogP contribution < -0.4 is 0 Å². The Balaban J connectivity index is 1.48. The first-order valence-corrected chi connectivity index (χ1v) is 9.91. The van der Waals surface area contributed by atoms with Gasteiger partial charge in [-0.1, -0.05) is 0 Å². The highest BCUT2D eigenvalue weighted by Crippen LogP contribution is 2.31. The van der Waals surface area contributed by atoms with Crippen molar-refractivity contribution in [3.05, 3.63) is 41.7 Å². The van der Waals surface area contributed by atoms with Crippen molar-refractivity contribution < 1.29 is 22.7 Å². The molecule has 2 aliphatic rings. The molecular formula is C18H20N2O5S. The van der Waals surface area contributed by atoms with Crippen molar-refractivity contribution >= 4 is 26.9 Å². The van der Waals surface area contributed by atoms with Gasteiger partial charge in [-0.25, -0.2) is 8.42 Å². The first-order valence-electron chi connectivity index (χ1n) is 8.47. The Morgan fingerprint density at radius 2 is 1.88 bits per heavy atom. The lowest BCUT2D eigenvalue weighted by Gasteiger charge is -2.23. The number of hydrogen-bond acceptors (Lipinski definition) is 5. The monoisotopic (exact) mass is 376 g/mol. The Labute approximate surface area is 151 Å². The quantitative estimate of drug-likeness (QED) is 0.814. The molecule has 0 spiro atoms. The van der Waals surface area contributed by atoms with E-state index >= 15 is 0 Å². The fourth-order valence-corrected chi connectivity index (χ4v) is 4.99. The zero-order valence-corrected chi connectivity index (χ0v) is 15.2. The third-order valence-electron chi connectivity index (χ3n) is 4.88. The molecule has 1 aromatic heterocycles. The van der Waals surface area contributed by atoms with Crippen LogP contribution >= 0.6 is 0 Å². The Morgan fingerprint density at radius 3 is 2.54 bits per heavy atom. The fraction of sp³-hybridized carbons (Fsp3) is 0.389. The molecule has 1 amide bonds. The average molecular weight is 376 g/mol. The van der Waals surface area contributed by atoms with Crippen LogP contribution in [0.2, 0.25) is 0 Å². The van der Waals surface area contributed by atoms with Gasteiger partial charge in [0.25, 0.3) is 0 Å². The lowest BCUT2D eigenvalue weighted by Crippen LogP contribution is -2.37. The molecule has 0 aliphatic carbocycles. The first kappa shape index (κ1) is 17.3. The van der Waals surface area contributed by atoms with Crippen LogP contribution in [0.25, 0.3) is 11.0 Å². The van der Waals surface area contributed by atoms with Crippen LogP contribution in [0.4, 0.5) is 0 Å². The lowest BCUT2D eigenvalue weighted by atomic mass is 10.2. The predicted octanol–water partition coefficient (Wildman–Crippen LogP) is 1.35. The van der Waals surface area contributed by atoms with Gasteiger partial charge in [0, 0.05) is 31.6 Å². The topological polar surface area (TPSA) is 91.1 Å². The Bertz CT molecular complexity index is 988. The number of amides is 1. The molecule has 4 rings (SSSR count). The van der Waals surface area contributed by atoms with E-state index in [0.29, 0.717) is 31.8 Å². The molecule has 1 aromatic carbocycles. The van der Waals surface area contributed by atoms with Gasteiger partial charge in [0.2, 0.25) is 15.9 Å². The molecule has 0 fully saturated rings. The maximum absolute atomic E-state index is 12.9. The Morgan fingerprint density at radius 1 is 1.19 bits per heavy atom. The number of furan rings is 1. The van der Waals surface area contributed by atoms with Crippen LogP contribution in [0.3, 0.4) is 0 Å². The van der Waals surface area contributed by atoms with E-state index in [1.54, 1.807) is 36.1 Å². The van der Waals surface area contributed by atoms with Crippen molar-refractivity contribution in [3.8, 4) is 0 Å². The van der Waals surface area contributed by atoms with Crippen LogP contribution in [0.1, 0.15) is 13.3 Å². The molecule has 3 heterocycles. The van der Waals surface area contributed by atoms with Gasteiger partial charge in [-0.15, -0.1) is 0 Å². The summed E-state index contributed by atoms with van der Waals surface area (Å²) in [6, 6.07) is 6.58. The fourth-order valence-electron chi connectivity index (χ4n) is 3.53. The van der Waals surface area contributed by atoms with E-state index in [1.165, 1.54) is 10.6 Å². The maximum atomic E-state index is 12.9. The second-order valence-electron chi connectivity index (χ2n) is 6.90. The SMILES string of the molecule is C[C@H](O)CC(=O)N1CC2=C(C1)CN(S(=O)(=O)c1ccc3occc3c1)C2. The molecule has 1 N–H and O–H groups in total. The molecule has 138 valence electrons. The smallest absolute Gasteiger partial charge is 0.243 e. The highest BCUT2D eigenvalue weighted by Gasteiger charge is 2.37. The summed E-state index contributed by atoms with van der Waals surface area (Å²) >= 11 is 0. The number of nitrogens with zero attached hydrogens (tertiary/aromatic N) is 2. The molecule has 2 aliphatic heterocycles. The van der Waals surface area contributed by atoms with Crippen molar-refractivity contribution in [1.82, 2.24) is 9.21 Å². The minimum Gasteiger partial charge on any atom is -0.464 e. The van der Waals surface area contributed by atoms with Gasteiger partial charge < -0.3 is 14.4 Å². The van der Waals surface area contributed by atoms with E-state index in [2.05, 4.69) is 0 Å². The molecule has 1 atom stereocenters. The number of aliphatic hydroxyl groups is 1. The van der Waals surface area contributed by atoms with Gasteiger partial charge in [-0.3, -0.25) is 4.79 Å². The van der Waals surface area contributed by atoms with E-state index in [1.807, 2.05) is 0 Å². The largest absolute Gasteiger partial charge is 0.464 e. The summed E-state index contributed by atoms with van der Waals surface area (Å²) in [5, 5.41) is 10.1. The lowest BCUT2D eigenvalue weighted by molar-refractivity contribution is -0.131. The minimum absolute atomic E-state index is 0.0906. The first-order chi connectivity index (χ1) is 12.3. The van der Waals surface area contributed by atoms with Gasteiger partial charge in [0.15, 0.2) is 0 Å². The van der Waals surface area contributed by atoms with E-state index in [4.69, 9.17) is 4.42 Å². The highest BCUT2D eigenvalue weighted by molar-refractivity contribution is 7.89. The van der Waals surface area contributed by atoms with E-state index in [0.717, 1.165) is 16.5 Å². The maximum Gasteiger partial charge on any atom is 0.243 e. The van der Waals surface area contributed by atoms with Crippen LogP contribution in [0, 0.1) is 0 Å². The van der Waals surface area contributed by atoms with Crippen LogP contribution in [0.15, 0.2) is 51.0 Å². The zero-order chi connectivity index (χ0) is 18.5. The summed E-state index contributed by atoms with van der Waals surface area (Å²) in [4.78, 5) is 14.0. The van der Waals surface area contributed by atoms with Gasteiger partial charge in [-0.2, -0.15) is 4.31 Å². The summed E-state index contributed by atoms with van der Waals surface area (Å²) in [5.41, 5.74) is 2.62. The second kappa shape index (κ2) is 6.22. The predicted molar refractivity (Wildman–Crippen MR) is 94.9 cm³/mol. The standard InChI is InChI=1S/C18H20N2O5S/c1-12(21)6-18(22)19-8-14-10-20(11-15(14)9-19)26(23,24)16-2-3-17-13(7-16)4-5-25-17/h2-5,7,12,21H,6,8-11H2,1H3/t12-/m0/s1. The average Bonchev–Trinajstić information content (AvgIpc) is 3.27. The van der Waals surface area contributed by atoms with Crippen molar-refractivity contribution in [2.45, 2.75) is 24.3 Å². The summed E-state index contributed by atoms with van der Waals surface area (Å²) in [6.45, 7) is 3.07. The second-order valence-corrected chi connectivity index (χ2v) is 8.84. The molecule has 0 bridgehead atoms. The van der Waals surface area contributed by atoms with Gasteiger partial charge in [-0.05, 0) is 42.3 Å². The molecule has 0 radical (unpaired) electrons.